The molecule has 7 heteroatoms. The summed E-state index contributed by atoms with van der Waals surface area (Å²) in [5.41, 5.74) is 0.692. The fourth-order valence-electron chi connectivity index (χ4n) is 2.44. The van der Waals surface area contributed by atoms with Crippen molar-refractivity contribution in [1.29, 1.82) is 0 Å². The van der Waals surface area contributed by atoms with Crippen molar-refractivity contribution in [2.75, 3.05) is 16.8 Å². The van der Waals surface area contributed by atoms with Crippen molar-refractivity contribution in [2.24, 2.45) is 0 Å². The Morgan fingerprint density at radius 1 is 1.00 bits per heavy atom. The molecule has 1 aromatic heterocycles. The van der Waals surface area contributed by atoms with Crippen LogP contribution in [0, 0.1) is 11.6 Å². The SMILES string of the molecule is CCN(C(=O)c1cnc(Nc2c(F)cccc2F)nc1)c1ccccc1. The third-order valence-electron chi connectivity index (χ3n) is 3.73. The molecule has 0 radical (unpaired) electrons. The number of amides is 1. The van der Waals surface area contributed by atoms with Crippen LogP contribution in [-0.4, -0.2) is 22.4 Å². The zero-order valence-corrected chi connectivity index (χ0v) is 14.0. The van der Waals surface area contributed by atoms with Crippen molar-refractivity contribution in [3.8, 4) is 0 Å². The second-order valence-electron chi connectivity index (χ2n) is 5.40. The molecule has 1 amide bonds. The van der Waals surface area contributed by atoms with Gasteiger partial charge in [-0.25, -0.2) is 18.7 Å². The van der Waals surface area contributed by atoms with E-state index >= 15 is 0 Å². The molecule has 0 unspecified atom stereocenters. The molecular weight excluding hydrogens is 338 g/mol. The molecule has 0 aliphatic heterocycles. The summed E-state index contributed by atoms with van der Waals surface area (Å²) < 4.78 is 27.3. The Hall–Kier alpha value is -3.35. The maximum atomic E-state index is 13.7. The molecule has 0 atom stereocenters. The van der Waals surface area contributed by atoms with Crippen molar-refractivity contribution >= 4 is 23.2 Å². The second kappa shape index (κ2) is 7.69. The number of aromatic nitrogens is 2. The van der Waals surface area contributed by atoms with E-state index in [0.717, 1.165) is 17.8 Å². The van der Waals surface area contributed by atoms with E-state index in [1.807, 2.05) is 37.3 Å². The lowest BCUT2D eigenvalue weighted by Crippen LogP contribution is -2.30. The molecule has 132 valence electrons. The van der Waals surface area contributed by atoms with Crippen molar-refractivity contribution in [3.63, 3.8) is 0 Å². The van der Waals surface area contributed by atoms with E-state index in [2.05, 4.69) is 15.3 Å². The number of carbonyl (C=O) groups excluding carboxylic acids is 1. The quantitative estimate of drug-likeness (QED) is 0.747. The van der Waals surface area contributed by atoms with Gasteiger partial charge < -0.3 is 10.2 Å². The highest BCUT2D eigenvalue weighted by Crippen LogP contribution is 2.21. The van der Waals surface area contributed by atoms with Crippen molar-refractivity contribution in [2.45, 2.75) is 6.92 Å². The molecule has 3 rings (SSSR count). The van der Waals surface area contributed by atoms with Gasteiger partial charge in [0.25, 0.3) is 5.91 Å². The van der Waals surface area contributed by atoms with Crippen molar-refractivity contribution < 1.29 is 13.6 Å². The molecule has 0 saturated heterocycles. The van der Waals surface area contributed by atoms with Crippen LogP contribution in [0.4, 0.5) is 26.1 Å². The molecule has 2 aromatic carbocycles. The van der Waals surface area contributed by atoms with Gasteiger partial charge in [-0.05, 0) is 31.2 Å². The molecule has 0 saturated carbocycles. The minimum atomic E-state index is -0.755. The molecule has 0 aliphatic carbocycles. The van der Waals surface area contributed by atoms with Gasteiger partial charge in [0.05, 0.1) is 5.56 Å². The summed E-state index contributed by atoms with van der Waals surface area (Å²) >= 11 is 0. The number of hydrogen-bond donors (Lipinski definition) is 1. The van der Waals surface area contributed by atoms with E-state index in [0.29, 0.717) is 6.54 Å². The molecule has 0 spiro atoms. The van der Waals surface area contributed by atoms with E-state index in [1.54, 1.807) is 4.90 Å². The van der Waals surface area contributed by atoms with Crippen LogP contribution in [0.3, 0.4) is 0 Å². The lowest BCUT2D eigenvalue weighted by atomic mass is 10.2. The number of nitrogens with one attached hydrogen (secondary N) is 1. The van der Waals surface area contributed by atoms with Crippen LogP contribution in [0.25, 0.3) is 0 Å². The minimum absolute atomic E-state index is 0.00619. The number of hydrogen-bond acceptors (Lipinski definition) is 4. The van der Waals surface area contributed by atoms with E-state index in [1.165, 1.54) is 18.5 Å². The first-order valence-corrected chi connectivity index (χ1v) is 8.00. The number of para-hydroxylation sites is 2. The summed E-state index contributed by atoms with van der Waals surface area (Å²) in [6, 6.07) is 12.7. The van der Waals surface area contributed by atoms with E-state index in [9.17, 15) is 13.6 Å². The monoisotopic (exact) mass is 354 g/mol. The Morgan fingerprint density at radius 3 is 2.19 bits per heavy atom. The van der Waals surface area contributed by atoms with Gasteiger partial charge in [-0.2, -0.15) is 0 Å². The van der Waals surface area contributed by atoms with Gasteiger partial charge in [-0.3, -0.25) is 4.79 Å². The molecule has 3 aromatic rings. The van der Waals surface area contributed by atoms with Crippen molar-refractivity contribution in [3.05, 3.63) is 78.1 Å². The van der Waals surface area contributed by atoms with Crippen LogP contribution >= 0.6 is 0 Å². The normalized spacial score (nSPS) is 10.4. The second-order valence-corrected chi connectivity index (χ2v) is 5.40. The maximum Gasteiger partial charge on any atom is 0.261 e. The Bertz CT molecular complexity index is 881. The van der Waals surface area contributed by atoms with Crippen LogP contribution in [-0.2, 0) is 0 Å². The van der Waals surface area contributed by atoms with Gasteiger partial charge >= 0.3 is 0 Å². The molecule has 26 heavy (non-hydrogen) atoms. The summed E-state index contributed by atoms with van der Waals surface area (Å²) in [5, 5.41) is 2.48. The summed E-state index contributed by atoms with van der Waals surface area (Å²) in [6.45, 7) is 2.34. The van der Waals surface area contributed by atoms with Crippen LogP contribution in [0.2, 0.25) is 0 Å². The van der Waals surface area contributed by atoms with Gasteiger partial charge in [-0.15, -0.1) is 0 Å². The number of halogens is 2. The number of nitrogens with zero attached hydrogens (tertiary/aromatic N) is 3. The van der Waals surface area contributed by atoms with E-state index in [-0.39, 0.29) is 23.1 Å². The first-order chi connectivity index (χ1) is 12.6. The first kappa shape index (κ1) is 17.5. The smallest absolute Gasteiger partial charge is 0.261 e. The summed E-state index contributed by atoms with van der Waals surface area (Å²) in [4.78, 5) is 22.2. The zero-order valence-electron chi connectivity index (χ0n) is 14.0. The predicted molar refractivity (Wildman–Crippen MR) is 95.5 cm³/mol. The third kappa shape index (κ3) is 3.66. The Labute approximate surface area is 149 Å². The average molecular weight is 354 g/mol. The lowest BCUT2D eigenvalue weighted by molar-refractivity contribution is 0.0987. The number of carbonyl (C=O) groups is 1. The lowest BCUT2D eigenvalue weighted by Gasteiger charge is -2.20. The Kier molecular flexibility index (Phi) is 5.17. The third-order valence-corrected chi connectivity index (χ3v) is 3.73. The fraction of sp³-hybridized carbons (Fsp3) is 0.105. The number of rotatable bonds is 5. The first-order valence-electron chi connectivity index (χ1n) is 8.00. The molecule has 0 aliphatic rings. The predicted octanol–water partition coefficient (Wildman–Crippen LogP) is 4.17. The van der Waals surface area contributed by atoms with Crippen LogP contribution in [0.5, 0.6) is 0 Å². The van der Waals surface area contributed by atoms with E-state index in [4.69, 9.17) is 0 Å². The van der Waals surface area contributed by atoms with Gasteiger partial charge in [0, 0.05) is 24.6 Å². The Balaban J connectivity index is 1.80. The summed E-state index contributed by atoms with van der Waals surface area (Å²) in [5.74, 6) is -1.78. The molecular formula is C19H16F2N4O. The van der Waals surface area contributed by atoms with Gasteiger partial charge in [0.2, 0.25) is 5.95 Å². The Morgan fingerprint density at radius 2 is 1.62 bits per heavy atom. The maximum absolute atomic E-state index is 13.7. The van der Waals surface area contributed by atoms with E-state index < -0.39 is 11.6 Å². The standard InChI is InChI=1S/C19H16F2N4O/c1-2-25(14-7-4-3-5-8-14)18(26)13-11-22-19(23-12-13)24-17-15(20)9-6-10-16(17)21/h3-12H,2H2,1H3,(H,22,23,24). The highest BCUT2D eigenvalue weighted by atomic mass is 19.1. The summed E-state index contributed by atoms with van der Waals surface area (Å²) in [7, 11) is 0. The van der Waals surface area contributed by atoms with Crippen LogP contribution in [0.15, 0.2) is 60.9 Å². The summed E-state index contributed by atoms with van der Waals surface area (Å²) in [6.07, 6.45) is 2.64. The highest BCUT2D eigenvalue weighted by Gasteiger charge is 2.17. The molecule has 1 N–H and O–H groups in total. The highest BCUT2D eigenvalue weighted by molar-refractivity contribution is 6.05. The average Bonchev–Trinajstić information content (AvgIpc) is 2.67. The van der Waals surface area contributed by atoms with Crippen molar-refractivity contribution in [1.82, 2.24) is 9.97 Å². The number of anilines is 3. The van der Waals surface area contributed by atoms with Gasteiger partial charge in [-0.1, -0.05) is 24.3 Å². The number of benzene rings is 2. The molecule has 0 fully saturated rings. The molecule has 0 bridgehead atoms. The van der Waals surface area contributed by atoms with Crippen LogP contribution in [0.1, 0.15) is 17.3 Å². The topological polar surface area (TPSA) is 58.1 Å². The van der Waals surface area contributed by atoms with Gasteiger partial charge in [0.15, 0.2) is 0 Å². The van der Waals surface area contributed by atoms with Gasteiger partial charge in [0.1, 0.15) is 17.3 Å². The molecule has 1 heterocycles. The minimum Gasteiger partial charge on any atom is -0.319 e. The largest absolute Gasteiger partial charge is 0.319 e. The zero-order chi connectivity index (χ0) is 18.5. The fourth-order valence-corrected chi connectivity index (χ4v) is 2.44. The molecule has 5 nitrogen and oxygen atoms in total. The van der Waals surface area contributed by atoms with Crippen LogP contribution < -0.4 is 10.2 Å².